The Balaban J connectivity index is 2.29. The zero-order chi connectivity index (χ0) is 17.2. The largest absolute Gasteiger partial charge is 0.507 e. The number of nitrogens with zero attached hydrogens (tertiary/aromatic N) is 1. The van der Waals surface area contributed by atoms with Crippen LogP contribution < -0.4 is 0 Å². The molecule has 1 N–H and O–H groups in total. The lowest BCUT2D eigenvalue weighted by molar-refractivity contribution is 0.245. The fraction of sp³-hybridized carbons (Fsp3) is 0.632. The molecule has 1 aromatic carbocycles. The molecule has 1 saturated carbocycles. The van der Waals surface area contributed by atoms with Gasteiger partial charge in [0.15, 0.2) is 0 Å². The molecule has 2 rings (SSSR count). The van der Waals surface area contributed by atoms with Gasteiger partial charge in [0.25, 0.3) is 0 Å². The molecule has 1 fully saturated rings. The molecule has 0 heterocycles. The summed E-state index contributed by atoms with van der Waals surface area (Å²) in [5.74, 6) is 0.416. The first-order valence-electron chi connectivity index (χ1n) is 8.52. The van der Waals surface area contributed by atoms with Gasteiger partial charge >= 0.3 is 0 Å². The van der Waals surface area contributed by atoms with Crippen LogP contribution in [-0.2, 0) is 12.0 Å². The molecule has 0 unspecified atom stereocenters. The Bertz CT molecular complexity index is 571. The summed E-state index contributed by atoms with van der Waals surface area (Å²) in [6.45, 7) is 9.14. The van der Waals surface area contributed by atoms with Gasteiger partial charge in [0.2, 0.25) is 0 Å². The van der Waals surface area contributed by atoms with Crippen LogP contribution >= 0.6 is 24.8 Å². The molecule has 0 aliphatic heterocycles. The van der Waals surface area contributed by atoms with Crippen molar-refractivity contribution in [2.75, 3.05) is 0 Å². The zero-order valence-corrected chi connectivity index (χ0v) is 16.4. The Labute approximate surface area is 151 Å². The van der Waals surface area contributed by atoms with Crippen LogP contribution in [0.2, 0.25) is 0 Å². The second kappa shape index (κ2) is 7.43. The van der Waals surface area contributed by atoms with E-state index in [0.29, 0.717) is 16.1 Å². The zero-order valence-electron chi connectivity index (χ0n) is 14.7. The van der Waals surface area contributed by atoms with Crippen LogP contribution in [0.5, 0.6) is 5.75 Å². The second-order valence-electron chi connectivity index (χ2n) is 7.76. The third-order valence-electron chi connectivity index (χ3n) is 4.78. The minimum atomic E-state index is -0.0814. The lowest BCUT2D eigenvalue weighted by Crippen LogP contribution is -2.38. The van der Waals surface area contributed by atoms with Crippen LogP contribution in [0.4, 0.5) is 0 Å². The number of thiol groups is 1. The van der Waals surface area contributed by atoms with Crippen molar-refractivity contribution < 1.29 is 5.11 Å². The summed E-state index contributed by atoms with van der Waals surface area (Å²) in [6, 6.07) is 4.71. The number of aryl methyl sites for hydroxylation is 1. The van der Waals surface area contributed by atoms with E-state index in [1.807, 2.05) is 6.92 Å². The van der Waals surface area contributed by atoms with Crippen molar-refractivity contribution in [3.63, 3.8) is 0 Å². The maximum atomic E-state index is 10.4. The van der Waals surface area contributed by atoms with Gasteiger partial charge in [-0.25, -0.2) is 0 Å². The Kier molecular flexibility index (Phi) is 6.01. The van der Waals surface area contributed by atoms with Crippen molar-refractivity contribution >= 4 is 29.2 Å². The van der Waals surface area contributed by atoms with E-state index in [1.165, 1.54) is 37.7 Å². The van der Waals surface area contributed by atoms with Crippen LogP contribution in [0.1, 0.15) is 69.6 Å². The number of phenols is 1. The van der Waals surface area contributed by atoms with E-state index in [1.54, 1.807) is 0 Å². The molecule has 4 heteroatoms. The first-order chi connectivity index (χ1) is 10.7. The van der Waals surface area contributed by atoms with Crippen molar-refractivity contribution in [2.24, 2.45) is 0 Å². The van der Waals surface area contributed by atoms with Gasteiger partial charge in [0, 0.05) is 12.6 Å². The highest BCUT2D eigenvalue weighted by molar-refractivity contribution is 8.10. The van der Waals surface area contributed by atoms with Crippen molar-refractivity contribution in [2.45, 2.75) is 77.8 Å². The lowest BCUT2D eigenvalue weighted by atomic mass is 9.84. The van der Waals surface area contributed by atoms with Gasteiger partial charge < -0.3 is 10.0 Å². The Morgan fingerprint density at radius 2 is 1.87 bits per heavy atom. The minimum Gasteiger partial charge on any atom is -0.507 e. The number of hydrogen-bond donors (Lipinski definition) is 2. The molecule has 1 aromatic rings. The smallest absolute Gasteiger partial charge is 0.133 e. The molecule has 0 bridgehead atoms. The SMILES string of the molecule is Cc1cc(CN(C(=S)S)C2CCCCC2)cc(C(C)(C)C)c1O. The maximum absolute atomic E-state index is 10.4. The highest BCUT2D eigenvalue weighted by Gasteiger charge is 2.24. The quantitative estimate of drug-likeness (QED) is 0.567. The Hall–Kier alpha value is -0.740. The number of benzene rings is 1. The molecule has 1 aliphatic rings. The van der Waals surface area contributed by atoms with Crippen LogP contribution in [0, 0.1) is 6.92 Å². The molecule has 0 saturated heterocycles. The minimum absolute atomic E-state index is 0.0814. The predicted molar refractivity (Wildman–Crippen MR) is 106 cm³/mol. The van der Waals surface area contributed by atoms with E-state index in [0.717, 1.165) is 17.7 Å². The van der Waals surface area contributed by atoms with Gasteiger partial charge in [-0.3, -0.25) is 0 Å². The molecular weight excluding hydrogens is 322 g/mol. The summed E-state index contributed by atoms with van der Waals surface area (Å²) in [4.78, 5) is 2.26. The molecule has 0 spiro atoms. The van der Waals surface area contributed by atoms with Gasteiger partial charge in [-0.05, 0) is 47.9 Å². The monoisotopic (exact) mass is 351 g/mol. The molecule has 0 amide bonds. The Morgan fingerprint density at radius 3 is 2.39 bits per heavy atom. The van der Waals surface area contributed by atoms with Crippen LogP contribution in [0.3, 0.4) is 0 Å². The molecule has 0 aromatic heterocycles. The topological polar surface area (TPSA) is 23.5 Å². The molecule has 1 aliphatic carbocycles. The van der Waals surface area contributed by atoms with Crippen LogP contribution in [0.25, 0.3) is 0 Å². The third-order valence-corrected chi connectivity index (χ3v) is 5.27. The number of aromatic hydroxyl groups is 1. The van der Waals surface area contributed by atoms with Crippen molar-refractivity contribution in [1.29, 1.82) is 0 Å². The first kappa shape index (κ1) is 18.6. The van der Waals surface area contributed by atoms with E-state index in [4.69, 9.17) is 12.2 Å². The van der Waals surface area contributed by atoms with Gasteiger partial charge in [-0.1, -0.05) is 58.3 Å². The standard InChI is InChI=1S/C19H29NOS2/c1-13-10-14(11-16(17(13)21)19(2,3)4)12-20(18(22)23)15-8-6-5-7-9-15/h10-11,15,21H,5-9,12H2,1-4H3,(H,22,23). The van der Waals surface area contributed by atoms with Crippen LogP contribution in [0.15, 0.2) is 12.1 Å². The van der Waals surface area contributed by atoms with E-state index in [2.05, 4.69) is 50.4 Å². The highest BCUT2D eigenvalue weighted by atomic mass is 32.1. The first-order valence-corrected chi connectivity index (χ1v) is 9.38. The summed E-state index contributed by atoms with van der Waals surface area (Å²) >= 11 is 9.87. The lowest BCUT2D eigenvalue weighted by Gasteiger charge is -2.35. The Morgan fingerprint density at radius 1 is 1.26 bits per heavy atom. The van der Waals surface area contributed by atoms with Crippen molar-refractivity contribution in [3.05, 3.63) is 28.8 Å². The average Bonchev–Trinajstić information content (AvgIpc) is 2.47. The van der Waals surface area contributed by atoms with Crippen LogP contribution in [-0.4, -0.2) is 20.4 Å². The average molecular weight is 352 g/mol. The third kappa shape index (κ3) is 4.63. The van der Waals surface area contributed by atoms with Gasteiger partial charge in [0.1, 0.15) is 10.1 Å². The predicted octanol–water partition coefficient (Wildman–Crippen LogP) is 5.35. The molecule has 23 heavy (non-hydrogen) atoms. The molecule has 0 radical (unpaired) electrons. The summed E-state index contributed by atoms with van der Waals surface area (Å²) in [7, 11) is 0. The number of hydrogen-bond acceptors (Lipinski definition) is 2. The number of rotatable bonds is 3. The molecular formula is C19H29NOS2. The van der Waals surface area contributed by atoms with Gasteiger partial charge in [-0.2, -0.15) is 0 Å². The second-order valence-corrected chi connectivity index (χ2v) is 8.87. The number of phenolic OH excluding ortho intramolecular Hbond substituents is 1. The number of thiocarbonyl (C=S) groups is 1. The normalized spacial score (nSPS) is 16.4. The van der Waals surface area contributed by atoms with Crippen molar-refractivity contribution in [3.8, 4) is 5.75 Å². The van der Waals surface area contributed by atoms with E-state index in [9.17, 15) is 5.11 Å². The summed E-state index contributed by atoms with van der Waals surface area (Å²) < 4.78 is 0.680. The summed E-state index contributed by atoms with van der Waals surface area (Å²) in [5.41, 5.74) is 3.05. The summed E-state index contributed by atoms with van der Waals surface area (Å²) in [6.07, 6.45) is 6.28. The summed E-state index contributed by atoms with van der Waals surface area (Å²) in [5, 5.41) is 10.4. The van der Waals surface area contributed by atoms with E-state index in [-0.39, 0.29) is 5.41 Å². The van der Waals surface area contributed by atoms with Crippen molar-refractivity contribution in [1.82, 2.24) is 4.90 Å². The fourth-order valence-corrected chi connectivity index (χ4v) is 3.91. The highest BCUT2D eigenvalue weighted by Crippen LogP contribution is 2.35. The maximum Gasteiger partial charge on any atom is 0.133 e. The molecule has 128 valence electrons. The van der Waals surface area contributed by atoms with Gasteiger partial charge in [0.05, 0.1) is 0 Å². The van der Waals surface area contributed by atoms with E-state index >= 15 is 0 Å². The van der Waals surface area contributed by atoms with E-state index < -0.39 is 0 Å². The molecule has 0 atom stereocenters. The molecule has 2 nitrogen and oxygen atoms in total. The fourth-order valence-electron chi connectivity index (χ4n) is 3.46. The van der Waals surface area contributed by atoms with Gasteiger partial charge in [-0.15, -0.1) is 12.6 Å².